The van der Waals surface area contributed by atoms with E-state index in [-0.39, 0.29) is 11.9 Å². The molecule has 0 spiro atoms. The van der Waals surface area contributed by atoms with Crippen molar-refractivity contribution in [3.8, 4) is 0 Å². The summed E-state index contributed by atoms with van der Waals surface area (Å²) in [6.45, 7) is 6.81. The van der Waals surface area contributed by atoms with Crippen molar-refractivity contribution >= 4 is 5.91 Å². The molecule has 1 amide bonds. The minimum atomic E-state index is -0.436. The molecule has 0 bridgehead atoms. The lowest BCUT2D eigenvalue weighted by Crippen LogP contribution is -2.53. The zero-order valence-corrected chi connectivity index (χ0v) is 15.5. The molecule has 25 heavy (non-hydrogen) atoms. The number of likely N-dealkylation sites (tertiary alicyclic amines) is 1. The topological polar surface area (TPSA) is 41.6 Å². The van der Waals surface area contributed by atoms with Crippen LogP contribution in [0.15, 0.2) is 30.3 Å². The number of ether oxygens (including phenoxy) is 1. The molecule has 2 heterocycles. The number of nitrogens with one attached hydrogen (secondary N) is 1. The molecule has 1 N–H and O–H groups in total. The molecule has 2 fully saturated rings. The number of nitrogens with zero attached hydrogens (tertiary/aromatic N) is 1. The fourth-order valence-electron chi connectivity index (χ4n) is 4.18. The number of amides is 1. The van der Waals surface area contributed by atoms with Gasteiger partial charge in [0, 0.05) is 25.8 Å². The smallest absolute Gasteiger partial charge is 0.231 e. The summed E-state index contributed by atoms with van der Waals surface area (Å²) >= 11 is 0. The van der Waals surface area contributed by atoms with Crippen LogP contribution in [0, 0.1) is 0 Å². The first-order valence-electron chi connectivity index (χ1n) is 9.91. The summed E-state index contributed by atoms with van der Waals surface area (Å²) in [6, 6.07) is 10.5. The van der Waals surface area contributed by atoms with Crippen molar-refractivity contribution in [1.29, 1.82) is 0 Å². The number of hydrogen-bond acceptors (Lipinski definition) is 3. The van der Waals surface area contributed by atoms with Gasteiger partial charge in [0.25, 0.3) is 0 Å². The molecule has 2 aliphatic rings. The predicted molar refractivity (Wildman–Crippen MR) is 101 cm³/mol. The first kappa shape index (κ1) is 18.4. The third-order valence-corrected chi connectivity index (χ3v) is 5.86. The normalized spacial score (nSPS) is 22.3. The minimum Gasteiger partial charge on any atom is -0.381 e. The van der Waals surface area contributed by atoms with E-state index in [1.54, 1.807) is 0 Å². The van der Waals surface area contributed by atoms with Crippen LogP contribution in [0.5, 0.6) is 0 Å². The van der Waals surface area contributed by atoms with Crippen molar-refractivity contribution in [1.82, 2.24) is 10.2 Å². The number of carbonyl (C=O) groups is 1. The van der Waals surface area contributed by atoms with E-state index in [2.05, 4.69) is 29.3 Å². The third kappa shape index (κ3) is 4.42. The molecule has 2 aliphatic heterocycles. The van der Waals surface area contributed by atoms with Gasteiger partial charge < -0.3 is 15.0 Å². The summed E-state index contributed by atoms with van der Waals surface area (Å²) in [5, 5.41) is 3.39. The molecule has 138 valence electrons. The summed E-state index contributed by atoms with van der Waals surface area (Å²) < 4.78 is 5.56. The number of carbonyl (C=O) groups excluding carboxylic acids is 1. The molecule has 1 aromatic carbocycles. The van der Waals surface area contributed by atoms with Crippen molar-refractivity contribution in [2.45, 2.75) is 56.9 Å². The van der Waals surface area contributed by atoms with Crippen molar-refractivity contribution in [2.24, 2.45) is 0 Å². The van der Waals surface area contributed by atoms with Crippen LogP contribution in [0.4, 0.5) is 0 Å². The molecule has 1 unspecified atom stereocenters. The molecule has 0 aromatic heterocycles. The van der Waals surface area contributed by atoms with E-state index in [4.69, 9.17) is 4.74 Å². The van der Waals surface area contributed by atoms with Gasteiger partial charge >= 0.3 is 0 Å². The SMILES string of the molecule is CCC(CN1CCCCC1)NC(=O)C1(c2ccccc2)CCOCC1. The number of benzene rings is 1. The molecule has 0 aliphatic carbocycles. The van der Waals surface area contributed by atoms with E-state index in [0.29, 0.717) is 13.2 Å². The average Bonchev–Trinajstić information content (AvgIpc) is 2.69. The second-order valence-corrected chi connectivity index (χ2v) is 7.50. The molecule has 1 atom stereocenters. The highest BCUT2D eigenvalue weighted by molar-refractivity contribution is 5.88. The molecule has 0 radical (unpaired) electrons. The van der Waals surface area contributed by atoms with Crippen LogP contribution < -0.4 is 5.32 Å². The average molecular weight is 344 g/mol. The summed E-state index contributed by atoms with van der Waals surface area (Å²) in [5.41, 5.74) is 0.693. The van der Waals surface area contributed by atoms with Gasteiger partial charge in [0.1, 0.15) is 0 Å². The Bertz CT molecular complexity index is 534. The van der Waals surface area contributed by atoms with Gasteiger partial charge in [-0.05, 0) is 50.8 Å². The molecular weight excluding hydrogens is 312 g/mol. The quantitative estimate of drug-likeness (QED) is 0.862. The monoisotopic (exact) mass is 344 g/mol. The fourth-order valence-corrected chi connectivity index (χ4v) is 4.18. The Morgan fingerprint density at radius 3 is 2.48 bits per heavy atom. The summed E-state index contributed by atoms with van der Waals surface area (Å²) in [7, 11) is 0. The van der Waals surface area contributed by atoms with E-state index in [1.165, 1.54) is 32.4 Å². The van der Waals surface area contributed by atoms with Gasteiger partial charge in [-0.1, -0.05) is 43.7 Å². The molecule has 4 heteroatoms. The highest BCUT2D eigenvalue weighted by atomic mass is 16.5. The van der Waals surface area contributed by atoms with Crippen molar-refractivity contribution < 1.29 is 9.53 Å². The maximum atomic E-state index is 13.3. The van der Waals surface area contributed by atoms with Crippen molar-refractivity contribution in [2.75, 3.05) is 32.8 Å². The maximum Gasteiger partial charge on any atom is 0.231 e. The van der Waals surface area contributed by atoms with Gasteiger partial charge in [-0.15, -0.1) is 0 Å². The van der Waals surface area contributed by atoms with E-state index in [1.807, 2.05) is 18.2 Å². The molecule has 3 rings (SSSR count). The highest BCUT2D eigenvalue weighted by Crippen LogP contribution is 2.35. The van der Waals surface area contributed by atoms with Gasteiger partial charge in [-0.3, -0.25) is 4.79 Å². The van der Waals surface area contributed by atoms with Gasteiger partial charge in [0.15, 0.2) is 0 Å². The first-order chi connectivity index (χ1) is 12.2. The van der Waals surface area contributed by atoms with Crippen molar-refractivity contribution in [3.63, 3.8) is 0 Å². The Kier molecular flexibility index (Phi) is 6.49. The lowest BCUT2D eigenvalue weighted by atomic mass is 9.73. The zero-order chi connectivity index (χ0) is 17.5. The van der Waals surface area contributed by atoms with E-state index in [9.17, 15) is 4.79 Å². The Morgan fingerprint density at radius 1 is 1.16 bits per heavy atom. The van der Waals surface area contributed by atoms with Crippen LogP contribution in [0.1, 0.15) is 51.0 Å². The van der Waals surface area contributed by atoms with Gasteiger partial charge in [0.05, 0.1) is 5.41 Å². The minimum absolute atomic E-state index is 0.186. The van der Waals surface area contributed by atoms with Crippen LogP contribution in [-0.2, 0) is 14.9 Å². The van der Waals surface area contributed by atoms with E-state index >= 15 is 0 Å². The zero-order valence-electron chi connectivity index (χ0n) is 15.5. The lowest BCUT2D eigenvalue weighted by molar-refractivity contribution is -0.131. The Morgan fingerprint density at radius 2 is 1.84 bits per heavy atom. The maximum absolute atomic E-state index is 13.3. The Hall–Kier alpha value is -1.39. The standard InChI is InChI=1S/C21H32N2O2/c1-2-19(17-23-13-7-4-8-14-23)22-20(24)21(11-15-25-16-12-21)18-9-5-3-6-10-18/h3,5-6,9-10,19H,2,4,7-8,11-17H2,1H3,(H,22,24). The summed E-state index contributed by atoms with van der Waals surface area (Å²) in [6.07, 6.45) is 6.43. The predicted octanol–water partition coefficient (Wildman–Crippen LogP) is 3.12. The van der Waals surface area contributed by atoms with Crippen LogP contribution in [0.25, 0.3) is 0 Å². The Labute approximate surface area is 151 Å². The highest BCUT2D eigenvalue weighted by Gasteiger charge is 2.42. The number of rotatable bonds is 6. The third-order valence-electron chi connectivity index (χ3n) is 5.86. The fraction of sp³-hybridized carbons (Fsp3) is 0.667. The van der Waals surface area contributed by atoms with Crippen LogP contribution in [0.3, 0.4) is 0 Å². The van der Waals surface area contributed by atoms with E-state index in [0.717, 1.165) is 31.4 Å². The van der Waals surface area contributed by atoms with Crippen LogP contribution in [0.2, 0.25) is 0 Å². The Balaban J connectivity index is 1.71. The second kappa shape index (κ2) is 8.81. The largest absolute Gasteiger partial charge is 0.381 e. The van der Waals surface area contributed by atoms with Crippen molar-refractivity contribution in [3.05, 3.63) is 35.9 Å². The molecule has 2 saturated heterocycles. The van der Waals surface area contributed by atoms with E-state index < -0.39 is 5.41 Å². The number of piperidine rings is 1. The van der Waals surface area contributed by atoms with Gasteiger partial charge in [-0.2, -0.15) is 0 Å². The summed E-state index contributed by atoms with van der Waals surface area (Å²) in [4.78, 5) is 15.9. The van der Waals surface area contributed by atoms with Crippen LogP contribution in [-0.4, -0.2) is 49.7 Å². The first-order valence-corrected chi connectivity index (χ1v) is 9.91. The molecule has 4 nitrogen and oxygen atoms in total. The van der Waals surface area contributed by atoms with Gasteiger partial charge in [-0.25, -0.2) is 0 Å². The lowest BCUT2D eigenvalue weighted by Gasteiger charge is -2.38. The molecule has 1 aromatic rings. The van der Waals surface area contributed by atoms with Crippen LogP contribution >= 0.6 is 0 Å². The molecular formula is C21H32N2O2. The van der Waals surface area contributed by atoms with Gasteiger partial charge in [0.2, 0.25) is 5.91 Å². The number of hydrogen-bond donors (Lipinski definition) is 1. The summed E-state index contributed by atoms with van der Waals surface area (Å²) in [5.74, 6) is 0.186. The second-order valence-electron chi connectivity index (χ2n) is 7.50. The molecule has 0 saturated carbocycles.